The molecule has 3 rings (SSSR count). The SMILES string of the molecule is O=[N+]([O-])c1ccc(-c2noc(CNc3ccccc3)n2)o1. The van der Waals surface area contributed by atoms with Gasteiger partial charge in [0, 0.05) is 5.69 Å². The summed E-state index contributed by atoms with van der Waals surface area (Å²) in [5, 5.41) is 17.4. The van der Waals surface area contributed by atoms with E-state index in [4.69, 9.17) is 8.94 Å². The third-order valence-corrected chi connectivity index (χ3v) is 2.68. The molecule has 0 radical (unpaired) electrons. The van der Waals surface area contributed by atoms with Crippen molar-refractivity contribution in [2.75, 3.05) is 5.32 Å². The minimum absolute atomic E-state index is 0.174. The summed E-state index contributed by atoms with van der Waals surface area (Å²) in [6.45, 7) is 0.347. The molecule has 8 nitrogen and oxygen atoms in total. The highest BCUT2D eigenvalue weighted by Gasteiger charge is 2.17. The first-order valence-corrected chi connectivity index (χ1v) is 6.08. The maximum atomic E-state index is 10.5. The van der Waals surface area contributed by atoms with Crippen molar-refractivity contribution in [2.24, 2.45) is 0 Å². The number of nitro groups is 1. The van der Waals surface area contributed by atoms with Gasteiger partial charge >= 0.3 is 5.88 Å². The standard InChI is InChI=1S/C13H10N4O4/c18-17(19)12-7-6-10(20-12)13-15-11(21-16-13)8-14-9-4-2-1-3-5-9/h1-7,14H,8H2. The van der Waals surface area contributed by atoms with Crippen molar-refractivity contribution in [3.05, 3.63) is 58.5 Å². The summed E-state index contributed by atoms with van der Waals surface area (Å²) >= 11 is 0. The predicted octanol–water partition coefficient (Wildman–Crippen LogP) is 2.85. The van der Waals surface area contributed by atoms with Crippen molar-refractivity contribution in [3.8, 4) is 11.6 Å². The Bertz CT molecular complexity index is 750. The van der Waals surface area contributed by atoms with Crippen LogP contribution in [0.2, 0.25) is 0 Å². The van der Waals surface area contributed by atoms with Crippen molar-refractivity contribution in [3.63, 3.8) is 0 Å². The second-order valence-electron chi connectivity index (χ2n) is 4.13. The fourth-order valence-corrected chi connectivity index (χ4v) is 1.71. The van der Waals surface area contributed by atoms with Crippen LogP contribution in [0, 0.1) is 10.1 Å². The monoisotopic (exact) mass is 286 g/mol. The topological polar surface area (TPSA) is 107 Å². The van der Waals surface area contributed by atoms with Crippen LogP contribution >= 0.6 is 0 Å². The zero-order valence-corrected chi connectivity index (χ0v) is 10.7. The van der Waals surface area contributed by atoms with Gasteiger partial charge in [0.15, 0.2) is 5.76 Å². The normalized spacial score (nSPS) is 10.5. The Balaban J connectivity index is 1.69. The first kappa shape index (κ1) is 12.9. The lowest BCUT2D eigenvalue weighted by Gasteiger charge is -2.01. The molecular formula is C13H10N4O4. The molecule has 8 heteroatoms. The molecule has 2 aromatic heterocycles. The zero-order valence-electron chi connectivity index (χ0n) is 10.7. The van der Waals surface area contributed by atoms with Gasteiger partial charge in [-0.1, -0.05) is 23.4 Å². The molecule has 0 aliphatic rings. The molecule has 0 amide bonds. The van der Waals surface area contributed by atoms with Crippen molar-refractivity contribution in [1.29, 1.82) is 0 Å². The lowest BCUT2D eigenvalue weighted by atomic mass is 10.3. The van der Waals surface area contributed by atoms with Gasteiger partial charge in [-0.3, -0.25) is 10.1 Å². The molecule has 3 aromatic rings. The molecule has 106 valence electrons. The van der Waals surface area contributed by atoms with Crippen LogP contribution in [0.5, 0.6) is 0 Å². The number of para-hydroxylation sites is 1. The Morgan fingerprint density at radius 3 is 2.71 bits per heavy atom. The van der Waals surface area contributed by atoms with Crippen LogP contribution in [0.4, 0.5) is 11.6 Å². The lowest BCUT2D eigenvalue weighted by molar-refractivity contribution is -0.401. The number of benzene rings is 1. The number of nitrogens with one attached hydrogen (secondary N) is 1. The third kappa shape index (κ3) is 2.89. The summed E-state index contributed by atoms with van der Waals surface area (Å²) in [5.74, 6) is 0.357. The second kappa shape index (κ2) is 5.45. The molecular weight excluding hydrogens is 276 g/mol. The first-order valence-electron chi connectivity index (χ1n) is 6.08. The van der Waals surface area contributed by atoms with Crippen LogP contribution < -0.4 is 5.32 Å². The van der Waals surface area contributed by atoms with E-state index in [-0.39, 0.29) is 17.5 Å². The number of nitrogens with zero attached hydrogens (tertiary/aromatic N) is 3. The van der Waals surface area contributed by atoms with Gasteiger partial charge in [0.05, 0.1) is 12.6 Å². The highest BCUT2D eigenvalue weighted by Crippen LogP contribution is 2.23. The maximum Gasteiger partial charge on any atom is 0.433 e. The van der Waals surface area contributed by atoms with Gasteiger partial charge in [-0.25, -0.2) is 0 Å². The number of hydrogen-bond acceptors (Lipinski definition) is 7. The average Bonchev–Trinajstić information content (AvgIpc) is 3.15. The molecule has 1 aromatic carbocycles. The lowest BCUT2D eigenvalue weighted by Crippen LogP contribution is -1.99. The van der Waals surface area contributed by atoms with Gasteiger partial charge in [0.2, 0.25) is 11.7 Å². The van der Waals surface area contributed by atoms with Gasteiger partial charge in [0.1, 0.15) is 4.92 Å². The number of aromatic nitrogens is 2. The van der Waals surface area contributed by atoms with Crippen LogP contribution in [0.25, 0.3) is 11.6 Å². The fourth-order valence-electron chi connectivity index (χ4n) is 1.71. The van der Waals surface area contributed by atoms with Crippen LogP contribution in [0.3, 0.4) is 0 Å². The summed E-state index contributed by atoms with van der Waals surface area (Å²) in [4.78, 5) is 14.0. The summed E-state index contributed by atoms with van der Waals surface area (Å²) in [5.41, 5.74) is 0.922. The molecule has 1 N–H and O–H groups in total. The molecule has 0 spiro atoms. The summed E-state index contributed by atoms with van der Waals surface area (Å²) in [6.07, 6.45) is 0. The molecule has 2 heterocycles. The smallest absolute Gasteiger partial charge is 0.397 e. The molecule has 0 aliphatic carbocycles. The van der Waals surface area contributed by atoms with Crippen LogP contribution in [0.1, 0.15) is 5.89 Å². The van der Waals surface area contributed by atoms with Crippen LogP contribution in [0.15, 0.2) is 51.4 Å². The van der Waals surface area contributed by atoms with E-state index in [9.17, 15) is 10.1 Å². The van der Waals surface area contributed by atoms with Gasteiger partial charge in [-0.15, -0.1) is 0 Å². The van der Waals surface area contributed by atoms with E-state index in [1.807, 2.05) is 30.3 Å². The Morgan fingerprint density at radius 1 is 1.19 bits per heavy atom. The second-order valence-corrected chi connectivity index (χ2v) is 4.13. The molecule has 0 fully saturated rings. The Morgan fingerprint density at radius 2 is 2.00 bits per heavy atom. The minimum atomic E-state index is -0.624. The van der Waals surface area contributed by atoms with E-state index in [0.717, 1.165) is 5.69 Å². The van der Waals surface area contributed by atoms with Crippen LogP contribution in [-0.4, -0.2) is 15.1 Å². The fraction of sp³-hybridized carbons (Fsp3) is 0.0769. The number of anilines is 1. The zero-order chi connectivity index (χ0) is 14.7. The van der Waals surface area contributed by atoms with Crippen molar-refractivity contribution >= 4 is 11.6 Å². The molecule has 0 saturated carbocycles. The summed E-state index contributed by atoms with van der Waals surface area (Å²) < 4.78 is 10.1. The molecule has 0 unspecified atom stereocenters. The predicted molar refractivity (Wildman–Crippen MR) is 72.4 cm³/mol. The number of furan rings is 1. The number of rotatable bonds is 5. The molecule has 21 heavy (non-hydrogen) atoms. The van der Waals surface area contributed by atoms with E-state index in [1.54, 1.807) is 0 Å². The first-order chi connectivity index (χ1) is 10.2. The van der Waals surface area contributed by atoms with Gasteiger partial charge < -0.3 is 14.3 Å². The Kier molecular flexibility index (Phi) is 3.34. The summed E-state index contributed by atoms with van der Waals surface area (Å²) in [7, 11) is 0. The Hall–Kier alpha value is -3.16. The van der Waals surface area contributed by atoms with Gasteiger partial charge in [0.25, 0.3) is 0 Å². The van der Waals surface area contributed by atoms with E-state index in [1.165, 1.54) is 12.1 Å². The largest absolute Gasteiger partial charge is 0.433 e. The van der Waals surface area contributed by atoms with Crippen molar-refractivity contribution in [2.45, 2.75) is 6.54 Å². The average molecular weight is 286 g/mol. The molecule has 0 atom stereocenters. The van der Waals surface area contributed by atoms with E-state index < -0.39 is 4.92 Å². The highest BCUT2D eigenvalue weighted by atomic mass is 16.6. The molecule has 0 saturated heterocycles. The summed E-state index contributed by atoms with van der Waals surface area (Å²) in [6, 6.07) is 12.2. The van der Waals surface area contributed by atoms with Crippen molar-refractivity contribution in [1.82, 2.24) is 10.1 Å². The van der Waals surface area contributed by atoms with Crippen LogP contribution in [-0.2, 0) is 6.54 Å². The third-order valence-electron chi connectivity index (χ3n) is 2.68. The Labute approximate surface area is 118 Å². The van der Waals surface area contributed by atoms with E-state index >= 15 is 0 Å². The molecule has 0 aliphatic heterocycles. The van der Waals surface area contributed by atoms with Crippen molar-refractivity contribution < 1.29 is 13.9 Å². The minimum Gasteiger partial charge on any atom is -0.397 e. The van der Waals surface area contributed by atoms with E-state index in [2.05, 4.69) is 15.5 Å². The highest BCUT2D eigenvalue weighted by molar-refractivity contribution is 5.48. The van der Waals surface area contributed by atoms with E-state index in [0.29, 0.717) is 12.4 Å². The maximum absolute atomic E-state index is 10.5. The number of hydrogen-bond donors (Lipinski definition) is 1. The van der Waals surface area contributed by atoms with Gasteiger partial charge in [-0.05, 0) is 18.2 Å². The van der Waals surface area contributed by atoms with Gasteiger partial charge in [-0.2, -0.15) is 4.98 Å². The molecule has 0 bridgehead atoms. The quantitative estimate of drug-likeness (QED) is 0.567.